The Morgan fingerprint density at radius 3 is 2.80 bits per heavy atom. The molecule has 4 nitrogen and oxygen atoms in total. The lowest BCUT2D eigenvalue weighted by Gasteiger charge is -2.16. The summed E-state index contributed by atoms with van der Waals surface area (Å²) in [7, 11) is 0. The molecule has 2 unspecified atom stereocenters. The predicted octanol–water partition coefficient (Wildman–Crippen LogP) is 2.99. The minimum atomic E-state index is -0.749. The number of halogens is 1. The summed E-state index contributed by atoms with van der Waals surface area (Å²) in [6.45, 7) is 2.36. The minimum absolute atomic E-state index is 0.0491. The molecule has 1 aliphatic carbocycles. The van der Waals surface area contributed by atoms with Gasteiger partial charge < -0.3 is 10.4 Å². The number of rotatable bonds is 4. The van der Waals surface area contributed by atoms with Crippen LogP contribution in [0.4, 0.5) is 0 Å². The quantitative estimate of drug-likeness (QED) is 0.886. The van der Waals surface area contributed by atoms with Gasteiger partial charge in [0, 0.05) is 16.6 Å². The zero-order valence-corrected chi connectivity index (χ0v) is 12.9. The molecule has 2 atom stereocenters. The highest BCUT2D eigenvalue weighted by Gasteiger charge is 2.32. The van der Waals surface area contributed by atoms with Crippen LogP contribution in [0, 0.1) is 18.8 Å². The lowest BCUT2D eigenvalue weighted by Crippen LogP contribution is -2.33. The predicted molar refractivity (Wildman–Crippen MR) is 79.7 cm³/mol. The number of hydrogen-bond donors (Lipinski definition) is 2. The molecule has 1 aromatic carbocycles. The zero-order chi connectivity index (χ0) is 14.7. The van der Waals surface area contributed by atoms with E-state index >= 15 is 0 Å². The lowest BCUT2D eigenvalue weighted by molar-refractivity contribution is -0.142. The average Bonchev–Trinajstić information content (AvgIpc) is 2.87. The molecule has 0 bridgehead atoms. The van der Waals surface area contributed by atoms with Gasteiger partial charge in [-0.3, -0.25) is 9.59 Å². The summed E-state index contributed by atoms with van der Waals surface area (Å²) in [5.74, 6) is -1.16. The second-order valence-corrected chi connectivity index (χ2v) is 6.16. The normalized spacial score (nSPS) is 21.7. The molecule has 0 radical (unpaired) electrons. The number of amides is 1. The fourth-order valence-electron chi connectivity index (χ4n) is 2.72. The van der Waals surface area contributed by atoms with Crippen molar-refractivity contribution in [1.82, 2.24) is 5.32 Å². The molecule has 0 aliphatic heterocycles. The van der Waals surface area contributed by atoms with Crippen LogP contribution in [-0.4, -0.2) is 23.5 Å². The van der Waals surface area contributed by atoms with Crippen molar-refractivity contribution in [3.63, 3.8) is 0 Å². The Kier molecular flexibility index (Phi) is 4.81. The van der Waals surface area contributed by atoms with Crippen molar-refractivity contribution in [3.05, 3.63) is 33.8 Å². The third-order valence-corrected chi connectivity index (χ3v) is 4.81. The second kappa shape index (κ2) is 6.39. The van der Waals surface area contributed by atoms with Gasteiger partial charge in [-0.1, -0.05) is 22.4 Å². The molecule has 1 amide bonds. The number of aryl methyl sites for hydroxylation is 1. The fraction of sp³-hybridized carbons (Fsp3) is 0.467. The van der Waals surface area contributed by atoms with E-state index in [4.69, 9.17) is 5.11 Å². The molecule has 0 heterocycles. The van der Waals surface area contributed by atoms with Crippen molar-refractivity contribution >= 4 is 27.8 Å². The third-order valence-electron chi connectivity index (χ3n) is 3.92. The van der Waals surface area contributed by atoms with E-state index in [2.05, 4.69) is 21.2 Å². The van der Waals surface area contributed by atoms with Gasteiger partial charge in [-0.15, -0.1) is 0 Å². The molecule has 1 aliphatic rings. The third kappa shape index (κ3) is 3.39. The van der Waals surface area contributed by atoms with E-state index in [0.29, 0.717) is 18.5 Å². The average molecular weight is 340 g/mol. The summed E-state index contributed by atoms with van der Waals surface area (Å²) in [4.78, 5) is 23.2. The van der Waals surface area contributed by atoms with Gasteiger partial charge in [0.25, 0.3) is 5.91 Å². The Balaban J connectivity index is 1.95. The van der Waals surface area contributed by atoms with Crippen LogP contribution in [0.25, 0.3) is 0 Å². The van der Waals surface area contributed by atoms with E-state index in [1.807, 2.05) is 19.1 Å². The van der Waals surface area contributed by atoms with Crippen LogP contribution in [-0.2, 0) is 4.79 Å². The maximum atomic E-state index is 12.1. The van der Waals surface area contributed by atoms with Crippen molar-refractivity contribution in [2.24, 2.45) is 11.8 Å². The monoisotopic (exact) mass is 339 g/mol. The number of carbonyl (C=O) groups is 2. The number of carbonyl (C=O) groups excluding carboxylic acids is 1. The van der Waals surface area contributed by atoms with Crippen LogP contribution in [0.3, 0.4) is 0 Å². The van der Waals surface area contributed by atoms with Gasteiger partial charge in [0.1, 0.15) is 0 Å². The van der Waals surface area contributed by atoms with Crippen LogP contribution in [0.5, 0.6) is 0 Å². The highest BCUT2D eigenvalue weighted by atomic mass is 79.9. The van der Waals surface area contributed by atoms with E-state index < -0.39 is 5.97 Å². The smallest absolute Gasteiger partial charge is 0.306 e. The van der Waals surface area contributed by atoms with Crippen molar-refractivity contribution in [1.29, 1.82) is 0 Å². The molecule has 0 spiro atoms. The molecule has 1 fully saturated rings. The fourth-order valence-corrected chi connectivity index (χ4v) is 2.96. The first-order chi connectivity index (χ1) is 9.49. The van der Waals surface area contributed by atoms with Gasteiger partial charge in [0.05, 0.1) is 5.92 Å². The first kappa shape index (κ1) is 15.0. The Morgan fingerprint density at radius 2 is 2.15 bits per heavy atom. The molecule has 1 aromatic rings. The molecule has 2 N–H and O–H groups in total. The Hall–Kier alpha value is -1.36. The van der Waals surface area contributed by atoms with Crippen molar-refractivity contribution in [2.45, 2.75) is 26.2 Å². The number of aliphatic carboxylic acids is 1. The standard InChI is InChI=1S/C15H18BrNO3/c1-9-7-10(5-6-13(9)16)14(18)17-8-11-3-2-4-12(11)15(19)20/h5-7,11-12H,2-4,8H2,1H3,(H,17,18)(H,19,20). The molecular formula is C15H18BrNO3. The topological polar surface area (TPSA) is 66.4 Å². The van der Waals surface area contributed by atoms with Crippen LogP contribution in [0.1, 0.15) is 35.2 Å². The first-order valence-electron chi connectivity index (χ1n) is 6.76. The summed E-state index contributed by atoms with van der Waals surface area (Å²) in [5.41, 5.74) is 1.61. The Bertz CT molecular complexity index is 530. The molecule has 5 heteroatoms. The number of benzene rings is 1. The van der Waals surface area contributed by atoms with E-state index in [0.717, 1.165) is 22.9 Å². The van der Waals surface area contributed by atoms with Gasteiger partial charge in [-0.05, 0) is 49.4 Å². The van der Waals surface area contributed by atoms with Crippen molar-refractivity contribution < 1.29 is 14.7 Å². The zero-order valence-electron chi connectivity index (χ0n) is 11.4. The summed E-state index contributed by atoms with van der Waals surface area (Å²) in [6.07, 6.45) is 2.51. The Morgan fingerprint density at radius 1 is 1.40 bits per heavy atom. The second-order valence-electron chi connectivity index (χ2n) is 5.31. The van der Waals surface area contributed by atoms with Crippen molar-refractivity contribution in [2.75, 3.05) is 6.54 Å². The summed E-state index contributed by atoms with van der Waals surface area (Å²) < 4.78 is 0.968. The maximum absolute atomic E-state index is 12.1. The highest BCUT2D eigenvalue weighted by molar-refractivity contribution is 9.10. The highest BCUT2D eigenvalue weighted by Crippen LogP contribution is 2.31. The van der Waals surface area contributed by atoms with Gasteiger partial charge in [-0.2, -0.15) is 0 Å². The largest absolute Gasteiger partial charge is 0.481 e. The molecule has 1 saturated carbocycles. The van der Waals surface area contributed by atoms with E-state index in [9.17, 15) is 9.59 Å². The summed E-state index contributed by atoms with van der Waals surface area (Å²) in [5, 5.41) is 12.0. The summed E-state index contributed by atoms with van der Waals surface area (Å²) in [6, 6.07) is 5.43. The van der Waals surface area contributed by atoms with Gasteiger partial charge in [0.2, 0.25) is 0 Å². The number of carboxylic acids is 1. The Labute approximate surface area is 126 Å². The van der Waals surface area contributed by atoms with E-state index in [-0.39, 0.29) is 17.7 Å². The van der Waals surface area contributed by atoms with Crippen LogP contribution < -0.4 is 5.32 Å². The molecular weight excluding hydrogens is 322 g/mol. The molecule has 20 heavy (non-hydrogen) atoms. The summed E-state index contributed by atoms with van der Waals surface area (Å²) >= 11 is 3.40. The first-order valence-corrected chi connectivity index (χ1v) is 7.55. The molecule has 2 rings (SSSR count). The van der Waals surface area contributed by atoms with Gasteiger partial charge >= 0.3 is 5.97 Å². The van der Waals surface area contributed by atoms with Crippen LogP contribution >= 0.6 is 15.9 Å². The number of hydrogen-bond acceptors (Lipinski definition) is 2. The van der Waals surface area contributed by atoms with Gasteiger partial charge in [0.15, 0.2) is 0 Å². The SMILES string of the molecule is Cc1cc(C(=O)NCC2CCCC2C(=O)O)ccc1Br. The lowest BCUT2D eigenvalue weighted by atomic mass is 9.96. The molecule has 108 valence electrons. The van der Waals surface area contributed by atoms with Crippen LogP contribution in [0.2, 0.25) is 0 Å². The molecule has 0 aromatic heterocycles. The number of carboxylic acid groups (broad SMARTS) is 1. The van der Waals surface area contributed by atoms with E-state index in [1.165, 1.54) is 0 Å². The maximum Gasteiger partial charge on any atom is 0.306 e. The minimum Gasteiger partial charge on any atom is -0.481 e. The van der Waals surface area contributed by atoms with E-state index in [1.54, 1.807) is 6.07 Å². The van der Waals surface area contributed by atoms with Gasteiger partial charge in [-0.25, -0.2) is 0 Å². The molecule has 0 saturated heterocycles. The van der Waals surface area contributed by atoms with Crippen molar-refractivity contribution in [3.8, 4) is 0 Å². The van der Waals surface area contributed by atoms with Crippen LogP contribution in [0.15, 0.2) is 22.7 Å². The number of nitrogens with one attached hydrogen (secondary N) is 1.